The van der Waals surface area contributed by atoms with Crippen LogP contribution in [0.15, 0.2) is 36.4 Å². The normalized spacial score (nSPS) is 16.9. The van der Waals surface area contributed by atoms with Gasteiger partial charge in [-0.25, -0.2) is 0 Å². The van der Waals surface area contributed by atoms with E-state index in [2.05, 4.69) is 0 Å². The molecule has 3 unspecified atom stereocenters. The Balaban J connectivity index is 2.46. The van der Waals surface area contributed by atoms with E-state index in [1.165, 1.54) is 12.1 Å². The highest BCUT2D eigenvalue weighted by Gasteiger charge is 2.42. The van der Waals surface area contributed by atoms with E-state index in [1.807, 2.05) is 12.2 Å². The second-order valence-corrected chi connectivity index (χ2v) is 6.98. The molecule has 3 atom stereocenters. The molecule has 0 spiro atoms. The van der Waals surface area contributed by atoms with Crippen LogP contribution in [0.25, 0.3) is 0 Å². The number of halogens is 3. The van der Waals surface area contributed by atoms with Crippen molar-refractivity contribution in [3.8, 4) is 0 Å². The third-order valence-electron chi connectivity index (χ3n) is 4.75. The minimum Gasteiger partial charge on any atom is -0.480 e. The van der Waals surface area contributed by atoms with Crippen LogP contribution < -0.4 is 5.73 Å². The summed E-state index contributed by atoms with van der Waals surface area (Å²) in [5.41, 5.74) is 5.32. The average Bonchev–Trinajstić information content (AvgIpc) is 2.59. The number of aryl methyl sites for hydroxylation is 1. The molecule has 4 N–H and O–H groups in total. The minimum atomic E-state index is -4.20. The number of hydrogen-bond donors (Lipinski definition) is 3. The Kier molecular flexibility index (Phi) is 8.50. The first kappa shape index (κ1) is 23.2. The molecule has 0 aromatic heterocycles. The average molecular weight is 387 g/mol. The molecule has 0 saturated carbocycles. The molecule has 0 amide bonds. The zero-order valence-corrected chi connectivity index (χ0v) is 15.7. The molecule has 0 aliphatic rings. The Labute approximate surface area is 157 Å². The second-order valence-electron chi connectivity index (χ2n) is 6.98. The van der Waals surface area contributed by atoms with E-state index in [-0.39, 0.29) is 17.9 Å². The van der Waals surface area contributed by atoms with Gasteiger partial charge in [0.15, 0.2) is 0 Å². The van der Waals surface area contributed by atoms with Crippen LogP contribution >= 0.6 is 0 Å². The van der Waals surface area contributed by atoms with E-state index in [1.54, 1.807) is 26.0 Å². The number of carboxylic acids is 1. The first-order valence-electron chi connectivity index (χ1n) is 8.99. The van der Waals surface area contributed by atoms with Gasteiger partial charge in [-0.15, -0.1) is 0 Å². The van der Waals surface area contributed by atoms with Crippen LogP contribution in [-0.2, 0) is 17.6 Å². The predicted molar refractivity (Wildman–Crippen MR) is 98.3 cm³/mol. The lowest BCUT2D eigenvalue weighted by molar-refractivity contribution is -0.149. The fraction of sp³-hybridized carbons (Fsp3) is 0.550. The standard InChI is InChI=1S/C20H28F3NO3/c1-3-19(24,18(26)27)17(25)14(2)7-5-4-6-8-15-9-11-16(12-10-15)13-20(21,22)23/h4-5,9-12,14,17,25H,3,6-8,13,24H2,1-2H3,(H,26,27)/b5-4+. The molecule has 1 aromatic rings. The van der Waals surface area contributed by atoms with Crippen molar-refractivity contribution in [3.63, 3.8) is 0 Å². The molecule has 0 saturated heterocycles. The summed E-state index contributed by atoms with van der Waals surface area (Å²) in [6.07, 6.45) is -0.519. The van der Waals surface area contributed by atoms with E-state index in [0.717, 1.165) is 5.56 Å². The van der Waals surface area contributed by atoms with Gasteiger partial charge < -0.3 is 15.9 Å². The van der Waals surface area contributed by atoms with Crippen LogP contribution in [0.4, 0.5) is 13.2 Å². The summed E-state index contributed by atoms with van der Waals surface area (Å²) >= 11 is 0. The summed E-state index contributed by atoms with van der Waals surface area (Å²) in [7, 11) is 0. The quantitative estimate of drug-likeness (QED) is 0.533. The third-order valence-corrected chi connectivity index (χ3v) is 4.75. The number of allylic oxidation sites excluding steroid dienone is 2. The topological polar surface area (TPSA) is 83.6 Å². The van der Waals surface area contributed by atoms with Gasteiger partial charge in [-0.1, -0.05) is 50.3 Å². The van der Waals surface area contributed by atoms with Gasteiger partial charge in [-0.2, -0.15) is 13.2 Å². The summed E-state index contributed by atoms with van der Waals surface area (Å²) in [4.78, 5) is 11.3. The number of alkyl halides is 3. The highest BCUT2D eigenvalue weighted by Crippen LogP contribution is 2.23. The number of aliphatic carboxylic acids is 1. The molecule has 4 nitrogen and oxygen atoms in total. The van der Waals surface area contributed by atoms with Gasteiger partial charge >= 0.3 is 12.1 Å². The van der Waals surface area contributed by atoms with Gasteiger partial charge in [0.2, 0.25) is 0 Å². The molecule has 0 fully saturated rings. The van der Waals surface area contributed by atoms with Crippen molar-refractivity contribution in [2.75, 3.05) is 0 Å². The molecule has 0 radical (unpaired) electrons. The highest BCUT2D eigenvalue weighted by atomic mass is 19.4. The number of benzene rings is 1. The Hall–Kier alpha value is -1.86. The maximum absolute atomic E-state index is 12.3. The number of aliphatic hydroxyl groups excluding tert-OH is 1. The molecule has 0 heterocycles. The molecule has 0 aliphatic carbocycles. The first-order chi connectivity index (χ1) is 12.5. The fourth-order valence-corrected chi connectivity index (χ4v) is 2.86. The van der Waals surface area contributed by atoms with Gasteiger partial charge in [-0.05, 0) is 42.7 Å². The predicted octanol–water partition coefficient (Wildman–Crippen LogP) is 3.86. The Morgan fingerprint density at radius 1 is 1.19 bits per heavy atom. The van der Waals surface area contributed by atoms with Crippen molar-refractivity contribution in [3.05, 3.63) is 47.5 Å². The van der Waals surface area contributed by atoms with E-state index < -0.39 is 30.2 Å². The monoisotopic (exact) mass is 387 g/mol. The highest BCUT2D eigenvalue weighted by molar-refractivity contribution is 5.79. The molecular formula is C20H28F3NO3. The van der Waals surface area contributed by atoms with Gasteiger partial charge in [0, 0.05) is 0 Å². The minimum absolute atomic E-state index is 0.127. The van der Waals surface area contributed by atoms with E-state index in [9.17, 15) is 28.2 Å². The number of nitrogens with two attached hydrogens (primary N) is 1. The Bertz CT molecular complexity index is 628. The lowest BCUT2D eigenvalue weighted by Crippen LogP contribution is -2.59. The van der Waals surface area contributed by atoms with Crippen molar-refractivity contribution in [2.24, 2.45) is 11.7 Å². The number of carbonyl (C=O) groups is 1. The molecule has 1 rings (SSSR count). The van der Waals surface area contributed by atoms with Crippen molar-refractivity contribution < 1.29 is 28.2 Å². The maximum atomic E-state index is 12.3. The van der Waals surface area contributed by atoms with Crippen molar-refractivity contribution in [1.82, 2.24) is 0 Å². The summed E-state index contributed by atoms with van der Waals surface area (Å²) in [5.74, 6) is -1.54. The van der Waals surface area contributed by atoms with Crippen LogP contribution in [0.1, 0.15) is 44.2 Å². The second kappa shape index (κ2) is 9.90. The molecule has 0 bridgehead atoms. The molecular weight excluding hydrogens is 359 g/mol. The SMILES string of the molecule is CCC(N)(C(=O)O)C(O)C(C)C/C=C/CCc1ccc(CC(F)(F)F)cc1. The third kappa shape index (κ3) is 7.34. The van der Waals surface area contributed by atoms with Crippen LogP contribution in [-0.4, -0.2) is 34.0 Å². The first-order valence-corrected chi connectivity index (χ1v) is 8.99. The van der Waals surface area contributed by atoms with Crippen molar-refractivity contribution >= 4 is 5.97 Å². The Morgan fingerprint density at radius 2 is 1.74 bits per heavy atom. The largest absolute Gasteiger partial charge is 0.480 e. The van der Waals surface area contributed by atoms with E-state index in [4.69, 9.17) is 5.73 Å². The molecule has 7 heteroatoms. The Morgan fingerprint density at radius 3 is 2.22 bits per heavy atom. The molecule has 0 aliphatic heterocycles. The van der Waals surface area contributed by atoms with Crippen molar-refractivity contribution in [1.29, 1.82) is 0 Å². The van der Waals surface area contributed by atoms with E-state index >= 15 is 0 Å². The zero-order chi connectivity index (χ0) is 20.7. The van der Waals surface area contributed by atoms with Crippen molar-refractivity contribution in [2.45, 2.75) is 63.8 Å². The van der Waals surface area contributed by atoms with E-state index in [0.29, 0.717) is 19.3 Å². The summed E-state index contributed by atoms with van der Waals surface area (Å²) in [5, 5.41) is 19.4. The summed E-state index contributed by atoms with van der Waals surface area (Å²) < 4.78 is 37.0. The number of carboxylic acid groups (broad SMARTS) is 1. The number of hydrogen-bond acceptors (Lipinski definition) is 3. The number of rotatable bonds is 10. The molecule has 1 aromatic carbocycles. The van der Waals surface area contributed by atoms with Crippen LogP contribution in [0.2, 0.25) is 0 Å². The lowest BCUT2D eigenvalue weighted by atomic mass is 9.82. The van der Waals surface area contributed by atoms with Crippen LogP contribution in [0.3, 0.4) is 0 Å². The van der Waals surface area contributed by atoms with Gasteiger partial charge in [-0.3, -0.25) is 4.79 Å². The van der Waals surface area contributed by atoms with Crippen LogP contribution in [0.5, 0.6) is 0 Å². The van der Waals surface area contributed by atoms with Gasteiger partial charge in [0.25, 0.3) is 0 Å². The number of aliphatic hydroxyl groups is 1. The fourth-order valence-electron chi connectivity index (χ4n) is 2.86. The van der Waals surface area contributed by atoms with Crippen LogP contribution in [0, 0.1) is 5.92 Å². The molecule has 27 heavy (non-hydrogen) atoms. The maximum Gasteiger partial charge on any atom is 0.393 e. The summed E-state index contributed by atoms with van der Waals surface area (Å²) in [6.45, 7) is 3.37. The molecule has 152 valence electrons. The van der Waals surface area contributed by atoms with Gasteiger partial charge in [0.05, 0.1) is 12.5 Å². The zero-order valence-electron chi connectivity index (χ0n) is 15.7. The summed E-state index contributed by atoms with van der Waals surface area (Å²) in [6, 6.07) is 6.36. The smallest absolute Gasteiger partial charge is 0.393 e. The lowest BCUT2D eigenvalue weighted by Gasteiger charge is -2.32. The van der Waals surface area contributed by atoms with Gasteiger partial charge in [0.1, 0.15) is 5.54 Å².